The Kier molecular flexibility index (Phi) is 5.29. The maximum Gasteiger partial charge on any atom is 0.0784 e. The first-order chi connectivity index (χ1) is 8.31. The summed E-state index contributed by atoms with van der Waals surface area (Å²) < 4.78 is 0. The molecule has 0 radical (unpaired) electrons. The van der Waals surface area contributed by atoms with E-state index in [1.165, 1.54) is 11.1 Å². The van der Waals surface area contributed by atoms with Gasteiger partial charge in [0.2, 0.25) is 0 Å². The van der Waals surface area contributed by atoms with Gasteiger partial charge in [-0.2, -0.15) is 0 Å². The van der Waals surface area contributed by atoms with Gasteiger partial charge < -0.3 is 10.6 Å². The van der Waals surface area contributed by atoms with Crippen LogP contribution in [-0.4, -0.2) is 23.5 Å². The van der Waals surface area contributed by atoms with Crippen molar-refractivity contribution in [2.45, 2.75) is 33.7 Å². The molecule has 0 aliphatic carbocycles. The number of aryl methyl sites for hydroxylation is 1. The molecule has 0 aromatic heterocycles. The molecule has 0 amide bonds. The van der Waals surface area contributed by atoms with Crippen LogP contribution in [-0.2, 0) is 6.54 Å². The van der Waals surface area contributed by atoms with Crippen LogP contribution >= 0.6 is 12.2 Å². The standard InChI is InChI=1S/C15H24N2S/c1-12-6-5-7-13(10-12)11-17(4)9-8-15(2,3)14(16)18/h5-7,10H,8-9,11H2,1-4H3,(H2,16,18). The van der Waals surface area contributed by atoms with Crippen molar-refractivity contribution >= 4 is 17.2 Å². The van der Waals surface area contributed by atoms with E-state index in [9.17, 15) is 0 Å². The van der Waals surface area contributed by atoms with E-state index in [0.29, 0.717) is 4.99 Å². The predicted octanol–water partition coefficient (Wildman–Crippen LogP) is 3.13. The van der Waals surface area contributed by atoms with Crippen LogP contribution in [0.25, 0.3) is 0 Å². The molecule has 0 bridgehead atoms. The van der Waals surface area contributed by atoms with Crippen LogP contribution in [0.15, 0.2) is 24.3 Å². The van der Waals surface area contributed by atoms with Gasteiger partial charge in [0.05, 0.1) is 4.99 Å². The molecule has 2 N–H and O–H groups in total. The Hall–Kier alpha value is -0.930. The molecule has 0 spiro atoms. The van der Waals surface area contributed by atoms with Crippen LogP contribution in [0.3, 0.4) is 0 Å². The van der Waals surface area contributed by atoms with Crippen molar-refractivity contribution in [3.63, 3.8) is 0 Å². The summed E-state index contributed by atoms with van der Waals surface area (Å²) in [6, 6.07) is 8.63. The number of benzene rings is 1. The molecule has 2 nitrogen and oxygen atoms in total. The lowest BCUT2D eigenvalue weighted by Crippen LogP contribution is -2.33. The zero-order valence-corrected chi connectivity index (χ0v) is 12.7. The largest absolute Gasteiger partial charge is 0.393 e. The van der Waals surface area contributed by atoms with Gasteiger partial charge in [-0.3, -0.25) is 0 Å². The molecule has 0 aliphatic rings. The molecule has 1 aromatic rings. The average molecular weight is 264 g/mol. The van der Waals surface area contributed by atoms with E-state index >= 15 is 0 Å². The molecule has 0 unspecified atom stereocenters. The summed E-state index contributed by atoms with van der Waals surface area (Å²) in [6.07, 6.45) is 0.991. The minimum atomic E-state index is -0.0593. The van der Waals surface area contributed by atoms with Gasteiger partial charge in [0, 0.05) is 12.0 Å². The van der Waals surface area contributed by atoms with E-state index in [1.54, 1.807) is 0 Å². The second-order valence-corrected chi connectivity index (χ2v) is 6.16. The van der Waals surface area contributed by atoms with Crippen molar-refractivity contribution in [1.29, 1.82) is 0 Å². The zero-order chi connectivity index (χ0) is 13.8. The number of rotatable bonds is 6. The van der Waals surface area contributed by atoms with Gasteiger partial charge >= 0.3 is 0 Å². The number of hydrogen-bond donors (Lipinski definition) is 1. The first-order valence-corrected chi connectivity index (χ1v) is 6.76. The third-order valence-electron chi connectivity index (χ3n) is 3.32. The lowest BCUT2D eigenvalue weighted by atomic mass is 9.89. The Morgan fingerprint density at radius 3 is 2.61 bits per heavy atom. The Morgan fingerprint density at radius 2 is 2.06 bits per heavy atom. The molecule has 1 rings (SSSR count). The van der Waals surface area contributed by atoms with Gasteiger partial charge in [-0.25, -0.2) is 0 Å². The number of nitrogens with two attached hydrogens (primary N) is 1. The van der Waals surface area contributed by atoms with E-state index in [1.807, 2.05) is 0 Å². The summed E-state index contributed by atoms with van der Waals surface area (Å²) >= 11 is 5.09. The maximum absolute atomic E-state index is 5.74. The molecule has 100 valence electrons. The monoisotopic (exact) mass is 264 g/mol. The van der Waals surface area contributed by atoms with Crippen LogP contribution in [0.5, 0.6) is 0 Å². The lowest BCUT2D eigenvalue weighted by Gasteiger charge is -2.26. The first-order valence-electron chi connectivity index (χ1n) is 6.35. The van der Waals surface area contributed by atoms with Gasteiger partial charge in [0.15, 0.2) is 0 Å². The second-order valence-electron chi connectivity index (χ2n) is 5.72. The molecule has 0 saturated heterocycles. The van der Waals surface area contributed by atoms with Crippen molar-refractivity contribution in [2.24, 2.45) is 11.1 Å². The zero-order valence-electron chi connectivity index (χ0n) is 11.9. The fourth-order valence-corrected chi connectivity index (χ4v) is 1.90. The first kappa shape index (κ1) is 15.1. The van der Waals surface area contributed by atoms with Gasteiger partial charge in [-0.1, -0.05) is 55.9 Å². The molecular weight excluding hydrogens is 240 g/mol. The second kappa shape index (κ2) is 6.30. The quantitative estimate of drug-likeness (QED) is 0.800. The lowest BCUT2D eigenvalue weighted by molar-refractivity contribution is 0.286. The summed E-state index contributed by atoms with van der Waals surface area (Å²) in [6.45, 7) is 8.30. The third-order valence-corrected chi connectivity index (χ3v) is 3.87. The molecule has 0 heterocycles. The van der Waals surface area contributed by atoms with Crippen LogP contribution in [0.4, 0.5) is 0 Å². The Bertz CT molecular complexity index is 413. The predicted molar refractivity (Wildman–Crippen MR) is 82.7 cm³/mol. The van der Waals surface area contributed by atoms with E-state index in [4.69, 9.17) is 18.0 Å². The highest BCUT2D eigenvalue weighted by molar-refractivity contribution is 7.80. The fraction of sp³-hybridized carbons (Fsp3) is 0.533. The minimum absolute atomic E-state index is 0.0593. The fourth-order valence-electron chi connectivity index (χ4n) is 1.79. The van der Waals surface area contributed by atoms with Crippen LogP contribution in [0.1, 0.15) is 31.4 Å². The van der Waals surface area contributed by atoms with Crippen molar-refractivity contribution in [3.05, 3.63) is 35.4 Å². The van der Waals surface area contributed by atoms with E-state index in [-0.39, 0.29) is 5.41 Å². The van der Waals surface area contributed by atoms with Gasteiger partial charge in [-0.05, 0) is 32.5 Å². The molecule has 3 heteroatoms. The van der Waals surface area contributed by atoms with Crippen LogP contribution in [0, 0.1) is 12.3 Å². The molecule has 18 heavy (non-hydrogen) atoms. The smallest absolute Gasteiger partial charge is 0.0784 e. The third kappa shape index (κ3) is 4.75. The minimum Gasteiger partial charge on any atom is -0.393 e. The van der Waals surface area contributed by atoms with Gasteiger partial charge in [0.25, 0.3) is 0 Å². The normalized spacial score (nSPS) is 11.8. The number of hydrogen-bond acceptors (Lipinski definition) is 2. The average Bonchev–Trinajstić information content (AvgIpc) is 2.26. The van der Waals surface area contributed by atoms with Crippen molar-refractivity contribution < 1.29 is 0 Å². The summed E-state index contributed by atoms with van der Waals surface area (Å²) in [4.78, 5) is 2.92. The van der Waals surface area contributed by atoms with E-state index in [0.717, 1.165) is 19.5 Å². The summed E-state index contributed by atoms with van der Waals surface area (Å²) in [7, 11) is 2.14. The maximum atomic E-state index is 5.74. The van der Waals surface area contributed by atoms with Gasteiger partial charge in [-0.15, -0.1) is 0 Å². The Morgan fingerprint density at radius 1 is 1.39 bits per heavy atom. The number of thiocarbonyl (C=S) groups is 1. The van der Waals surface area contributed by atoms with Crippen molar-refractivity contribution in [1.82, 2.24) is 4.90 Å². The molecule has 1 aromatic carbocycles. The van der Waals surface area contributed by atoms with Crippen molar-refractivity contribution in [2.75, 3.05) is 13.6 Å². The number of nitrogens with zero attached hydrogens (tertiary/aromatic N) is 1. The van der Waals surface area contributed by atoms with Crippen LogP contribution in [0.2, 0.25) is 0 Å². The Balaban J connectivity index is 2.47. The molecular formula is C15H24N2S. The summed E-state index contributed by atoms with van der Waals surface area (Å²) in [5, 5.41) is 0. The Labute approximate surface area is 116 Å². The summed E-state index contributed by atoms with van der Waals surface area (Å²) in [5.41, 5.74) is 8.34. The molecule has 0 aliphatic heterocycles. The summed E-state index contributed by atoms with van der Waals surface area (Å²) in [5.74, 6) is 0. The highest BCUT2D eigenvalue weighted by Gasteiger charge is 2.21. The van der Waals surface area contributed by atoms with Crippen LogP contribution < -0.4 is 5.73 Å². The van der Waals surface area contributed by atoms with Crippen molar-refractivity contribution in [3.8, 4) is 0 Å². The van der Waals surface area contributed by atoms with Gasteiger partial charge in [0.1, 0.15) is 0 Å². The molecule has 0 fully saturated rings. The molecule has 0 atom stereocenters. The SMILES string of the molecule is Cc1cccc(CN(C)CCC(C)(C)C(N)=S)c1. The van der Waals surface area contributed by atoms with E-state index in [2.05, 4.69) is 57.0 Å². The highest BCUT2D eigenvalue weighted by atomic mass is 32.1. The molecule has 0 saturated carbocycles. The van der Waals surface area contributed by atoms with E-state index < -0.39 is 0 Å². The topological polar surface area (TPSA) is 29.3 Å². The highest BCUT2D eigenvalue weighted by Crippen LogP contribution is 2.21.